The van der Waals surface area contributed by atoms with Gasteiger partial charge < -0.3 is 0 Å². The Balaban J connectivity index is 2.77. The molecule has 35 valence electrons. The largest absolute Gasteiger partial charge is 0.136 e. The van der Waals surface area contributed by atoms with Gasteiger partial charge in [-0.1, -0.05) is 0 Å². The molecule has 1 rings (SSSR count). The first-order valence-electron chi connectivity index (χ1n) is 2.07. The van der Waals surface area contributed by atoms with Crippen molar-refractivity contribution >= 4 is 12.6 Å². The SMILES string of the molecule is [SH2+]C1=CC=C=C[CH]1. The first-order valence-corrected chi connectivity index (χ1v) is 2.57. The molecule has 0 aromatic carbocycles. The Morgan fingerprint density at radius 3 is 2.57 bits per heavy atom. The summed E-state index contributed by atoms with van der Waals surface area (Å²) in [6.45, 7) is 0. The number of rotatable bonds is 0. The first kappa shape index (κ1) is 4.76. The summed E-state index contributed by atoms with van der Waals surface area (Å²) in [4.78, 5) is 1.10. The van der Waals surface area contributed by atoms with E-state index in [0.29, 0.717) is 0 Å². The Morgan fingerprint density at radius 2 is 2.29 bits per heavy atom. The molecular weight excluding hydrogens is 104 g/mol. The molecule has 0 fully saturated rings. The van der Waals surface area contributed by atoms with Gasteiger partial charge in [0.2, 0.25) is 0 Å². The monoisotopic (exact) mass is 110 g/mol. The molecule has 0 saturated carbocycles. The minimum atomic E-state index is 1.10. The summed E-state index contributed by atoms with van der Waals surface area (Å²) in [5.74, 6) is 0. The molecule has 1 aliphatic carbocycles. The second-order valence-corrected chi connectivity index (χ2v) is 1.87. The van der Waals surface area contributed by atoms with Gasteiger partial charge in [0, 0.05) is 0 Å². The van der Waals surface area contributed by atoms with Crippen molar-refractivity contribution in [2.24, 2.45) is 0 Å². The van der Waals surface area contributed by atoms with Crippen molar-refractivity contribution in [2.45, 2.75) is 0 Å². The highest BCUT2D eigenvalue weighted by molar-refractivity contribution is 7.63. The summed E-state index contributed by atoms with van der Waals surface area (Å²) in [5, 5.41) is 0. The molecule has 0 spiro atoms. The standard InChI is InChI=1S/C6H5S/c7-6-4-2-1-3-5-6/h2-5,7H/p+1. The van der Waals surface area contributed by atoms with Crippen molar-refractivity contribution < 1.29 is 0 Å². The Bertz CT molecular complexity index is 148. The Kier molecular flexibility index (Phi) is 1.40. The molecule has 1 heteroatoms. The molecule has 0 atom stereocenters. The minimum Gasteiger partial charge on any atom is -0.124 e. The van der Waals surface area contributed by atoms with Crippen LogP contribution >= 0.6 is 0 Å². The van der Waals surface area contributed by atoms with Crippen molar-refractivity contribution in [1.82, 2.24) is 0 Å². The lowest BCUT2D eigenvalue weighted by Crippen LogP contribution is -1.74. The van der Waals surface area contributed by atoms with Gasteiger partial charge in [0.15, 0.2) is 0 Å². The van der Waals surface area contributed by atoms with Crippen LogP contribution in [0.25, 0.3) is 0 Å². The molecule has 1 radical (unpaired) electrons. The van der Waals surface area contributed by atoms with Gasteiger partial charge >= 0.3 is 0 Å². The van der Waals surface area contributed by atoms with Crippen molar-refractivity contribution in [3.05, 3.63) is 35.3 Å². The van der Waals surface area contributed by atoms with Gasteiger partial charge in [-0.25, -0.2) is 0 Å². The van der Waals surface area contributed by atoms with Gasteiger partial charge in [0.1, 0.15) is 4.91 Å². The van der Waals surface area contributed by atoms with Gasteiger partial charge in [-0.05, 0) is 30.9 Å². The molecule has 0 aromatic rings. The first-order chi connectivity index (χ1) is 3.39. The van der Waals surface area contributed by atoms with E-state index >= 15 is 0 Å². The Morgan fingerprint density at radius 1 is 1.43 bits per heavy atom. The van der Waals surface area contributed by atoms with E-state index in [1.165, 1.54) is 0 Å². The van der Waals surface area contributed by atoms with Crippen molar-refractivity contribution in [1.29, 1.82) is 0 Å². The molecule has 0 nitrogen and oxygen atoms in total. The fraction of sp³-hybridized carbons (Fsp3) is 0. The highest BCUT2D eigenvalue weighted by Gasteiger charge is 1.92. The second kappa shape index (κ2) is 2.06. The van der Waals surface area contributed by atoms with Gasteiger partial charge in [0.25, 0.3) is 0 Å². The molecule has 7 heavy (non-hydrogen) atoms. The molecular formula is C6H6S+. The van der Waals surface area contributed by atoms with Gasteiger partial charge in [-0.3, -0.25) is 0 Å². The highest BCUT2D eigenvalue weighted by Crippen LogP contribution is 2.00. The normalized spacial score (nSPS) is 17.0. The summed E-state index contributed by atoms with van der Waals surface area (Å²) in [5.41, 5.74) is 2.90. The third kappa shape index (κ3) is 1.26. The summed E-state index contributed by atoms with van der Waals surface area (Å²) < 4.78 is 0. The van der Waals surface area contributed by atoms with Crippen LogP contribution in [-0.4, -0.2) is 0 Å². The van der Waals surface area contributed by atoms with Crippen LogP contribution in [0, 0.1) is 6.42 Å². The lowest BCUT2D eigenvalue weighted by Gasteiger charge is -1.83. The van der Waals surface area contributed by atoms with E-state index in [9.17, 15) is 0 Å². The maximum Gasteiger partial charge on any atom is 0.136 e. The molecule has 0 N–H and O–H groups in total. The number of hydrogen-bond acceptors (Lipinski definition) is 0. The Labute approximate surface area is 48.6 Å². The third-order valence-electron chi connectivity index (χ3n) is 0.718. The summed E-state index contributed by atoms with van der Waals surface area (Å²) >= 11 is 3.34. The predicted octanol–water partition coefficient (Wildman–Crippen LogP) is 0.811. The van der Waals surface area contributed by atoms with Gasteiger partial charge in [-0.2, -0.15) is 0 Å². The summed E-state index contributed by atoms with van der Waals surface area (Å²) in [6.07, 6.45) is 7.61. The molecule has 1 aliphatic rings. The topological polar surface area (TPSA) is 0 Å². The molecule has 0 aromatic heterocycles. The van der Waals surface area contributed by atoms with E-state index in [1.54, 1.807) is 0 Å². The predicted molar refractivity (Wildman–Crippen MR) is 35.2 cm³/mol. The van der Waals surface area contributed by atoms with E-state index in [0.717, 1.165) is 4.91 Å². The summed E-state index contributed by atoms with van der Waals surface area (Å²) in [6, 6.07) is 0. The van der Waals surface area contributed by atoms with Crippen LogP contribution in [0.5, 0.6) is 0 Å². The molecule has 0 amide bonds. The average Bonchev–Trinajstić information content (AvgIpc) is 1.69. The fourth-order valence-corrected chi connectivity index (χ4v) is 0.554. The summed E-state index contributed by atoms with van der Waals surface area (Å²) in [7, 11) is 0. The van der Waals surface area contributed by atoms with Crippen molar-refractivity contribution in [2.75, 3.05) is 0 Å². The second-order valence-electron chi connectivity index (χ2n) is 1.29. The molecule has 0 bridgehead atoms. The zero-order valence-electron chi connectivity index (χ0n) is 3.81. The van der Waals surface area contributed by atoms with E-state index in [1.807, 2.05) is 24.6 Å². The molecule has 0 saturated heterocycles. The zero-order chi connectivity index (χ0) is 5.11. The maximum absolute atomic E-state index is 3.34. The number of allylic oxidation sites excluding steroid dienone is 3. The lowest BCUT2D eigenvalue weighted by molar-refractivity contribution is 1.67. The van der Waals surface area contributed by atoms with Crippen molar-refractivity contribution in [3.63, 3.8) is 0 Å². The minimum absolute atomic E-state index is 1.10. The van der Waals surface area contributed by atoms with E-state index in [4.69, 9.17) is 0 Å². The molecule has 0 heterocycles. The highest BCUT2D eigenvalue weighted by atomic mass is 32.1. The van der Waals surface area contributed by atoms with Crippen LogP contribution in [-0.2, 0) is 12.6 Å². The van der Waals surface area contributed by atoms with E-state index < -0.39 is 0 Å². The molecule has 0 aliphatic heterocycles. The van der Waals surface area contributed by atoms with E-state index in [2.05, 4.69) is 18.4 Å². The van der Waals surface area contributed by atoms with Crippen LogP contribution in [0.1, 0.15) is 0 Å². The average molecular weight is 110 g/mol. The van der Waals surface area contributed by atoms with Gasteiger partial charge in [0.05, 0.1) is 6.42 Å². The lowest BCUT2D eigenvalue weighted by atomic mass is 10.3. The smallest absolute Gasteiger partial charge is 0.124 e. The van der Waals surface area contributed by atoms with Crippen LogP contribution < -0.4 is 0 Å². The van der Waals surface area contributed by atoms with Crippen LogP contribution in [0.15, 0.2) is 28.9 Å². The van der Waals surface area contributed by atoms with Gasteiger partial charge in [-0.15, -0.1) is 5.73 Å². The van der Waals surface area contributed by atoms with Crippen molar-refractivity contribution in [3.8, 4) is 0 Å². The fourth-order valence-electron chi connectivity index (χ4n) is 0.387. The Hall–Kier alpha value is -0.390. The molecule has 0 unspecified atom stereocenters. The number of hydrogen-bond donors (Lipinski definition) is 0. The van der Waals surface area contributed by atoms with Crippen LogP contribution in [0.2, 0.25) is 0 Å². The van der Waals surface area contributed by atoms with E-state index in [-0.39, 0.29) is 0 Å². The maximum atomic E-state index is 3.34. The third-order valence-corrected chi connectivity index (χ3v) is 1.05. The quantitative estimate of drug-likeness (QED) is 0.320. The van der Waals surface area contributed by atoms with Crippen LogP contribution in [0.4, 0.5) is 0 Å². The van der Waals surface area contributed by atoms with Crippen LogP contribution in [0.3, 0.4) is 0 Å². The zero-order valence-corrected chi connectivity index (χ0v) is 4.81.